The average molecular weight is 406 g/mol. The molecule has 2 fully saturated rings. The Morgan fingerprint density at radius 2 is 1.79 bits per heavy atom. The fourth-order valence-corrected chi connectivity index (χ4v) is 3.85. The van der Waals surface area contributed by atoms with E-state index in [1.54, 1.807) is 0 Å². The summed E-state index contributed by atoms with van der Waals surface area (Å²) in [5, 5.41) is 7.90. The van der Waals surface area contributed by atoms with Crippen molar-refractivity contribution in [3.8, 4) is 0 Å². The van der Waals surface area contributed by atoms with Crippen molar-refractivity contribution in [1.82, 2.24) is 29.8 Å². The number of hydrogen-bond donors (Lipinski definition) is 1. The van der Waals surface area contributed by atoms with Crippen LogP contribution in [0.2, 0.25) is 0 Å². The van der Waals surface area contributed by atoms with Crippen LogP contribution in [0.1, 0.15) is 23.9 Å². The molecule has 0 saturated carbocycles. The third-order valence-corrected chi connectivity index (χ3v) is 5.78. The number of morpholine rings is 1. The van der Waals surface area contributed by atoms with Gasteiger partial charge in [0, 0.05) is 64.1 Å². The molecule has 1 amide bonds. The number of guanidine groups is 1. The average Bonchev–Trinajstić information content (AvgIpc) is 2.98. The molecule has 3 rings (SSSR count). The molecular weight excluding hydrogens is 370 g/mol. The summed E-state index contributed by atoms with van der Waals surface area (Å²) in [7, 11) is 1.97. The molecule has 0 spiro atoms. The summed E-state index contributed by atoms with van der Waals surface area (Å²) < 4.78 is 7.25. The number of nitrogens with one attached hydrogen (secondary N) is 1. The molecule has 0 unspecified atom stereocenters. The number of rotatable bonds is 5. The second-order valence-corrected chi connectivity index (χ2v) is 7.70. The van der Waals surface area contributed by atoms with Crippen molar-refractivity contribution in [3.05, 3.63) is 17.0 Å². The Kier molecular flexibility index (Phi) is 7.49. The minimum atomic E-state index is 0.213. The van der Waals surface area contributed by atoms with Gasteiger partial charge in [0.2, 0.25) is 5.91 Å². The van der Waals surface area contributed by atoms with Crippen molar-refractivity contribution in [1.29, 1.82) is 0 Å². The van der Waals surface area contributed by atoms with Crippen LogP contribution in [0.15, 0.2) is 4.99 Å². The maximum atomic E-state index is 12.5. The van der Waals surface area contributed by atoms with Crippen LogP contribution in [0, 0.1) is 13.8 Å². The lowest BCUT2D eigenvalue weighted by molar-refractivity contribution is -0.136. The first-order valence-corrected chi connectivity index (χ1v) is 10.6. The standard InChI is InChI=1S/C20H35N7O2/c1-5-21-20(22-14-18-16(2)23-24(4)17(18)3)27-8-6-25(7-9-27)15-19(28)26-10-12-29-13-11-26/h5-15H2,1-4H3,(H,21,22). The lowest BCUT2D eigenvalue weighted by atomic mass is 10.2. The van der Waals surface area contributed by atoms with Gasteiger partial charge in [-0.2, -0.15) is 5.10 Å². The van der Waals surface area contributed by atoms with Crippen molar-refractivity contribution in [3.63, 3.8) is 0 Å². The maximum Gasteiger partial charge on any atom is 0.236 e. The lowest BCUT2D eigenvalue weighted by Gasteiger charge is -2.37. The molecule has 0 aliphatic carbocycles. The zero-order valence-electron chi connectivity index (χ0n) is 18.3. The Hall–Kier alpha value is -2.13. The van der Waals surface area contributed by atoms with Crippen LogP contribution < -0.4 is 5.32 Å². The first-order valence-electron chi connectivity index (χ1n) is 10.6. The van der Waals surface area contributed by atoms with E-state index in [9.17, 15) is 4.79 Å². The van der Waals surface area contributed by atoms with Crippen molar-refractivity contribution in [2.24, 2.45) is 12.0 Å². The van der Waals surface area contributed by atoms with Gasteiger partial charge >= 0.3 is 0 Å². The Bertz CT molecular complexity index is 717. The van der Waals surface area contributed by atoms with Crippen LogP contribution in [-0.4, -0.2) is 102 Å². The molecule has 2 saturated heterocycles. The van der Waals surface area contributed by atoms with Gasteiger partial charge in [-0.1, -0.05) is 0 Å². The third-order valence-electron chi connectivity index (χ3n) is 5.78. The third kappa shape index (κ3) is 5.48. The largest absolute Gasteiger partial charge is 0.378 e. The predicted octanol–water partition coefficient (Wildman–Crippen LogP) is -0.0212. The number of nitrogens with zero attached hydrogens (tertiary/aromatic N) is 6. The van der Waals surface area contributed by atoms with Crippen molar-refractivity contribution >= 4 is 11.9 Å². The number of aliphatic imine (C=N–C) groups is 1. The van der Waals surface area contributed by atoms with E-state index in [0.717, 1.165) is 50.1 Å². The van der Waals surface area contributed by atoms with Crippen LogP contribution in [0.4, 0.5) is 0 Å². The topological polar surface area (TPSA) is 78.2 Å². The summed E-state index contributed by atoms with van der Waals surface area (Å²) in [5.41, 5.74) is 3.39. The summed E-state index contributed by atoms with van der Waals surface area (Å²) >= 11 is 0. The molecule has 0 atom stereocenters. The summed E-state index contributed by atoms with van der Waals surface area (Å²) in [6.45, 7) is 14.4. The van der Waals surface area contributed by atoms with E-state index in [-0.39, 0.29) is 5.91 Å². The van der Waals surface area contributed by atoms with Gasteiger partial charge in [-0.3, -0.25) is 14.4 Å². The molecule has 29 heavy (non-hydrogen) atoms. The van der Waals surface area contributed by atoms with Gasteiger partial charge in [0.05, 0.1) is 32.0 Å². The SMILES string of the molecule is CCNC(=NCc1c(C)nn(C)c1C)N1CCN(CC(=O)N2CCOCC2)CC1. The van der Waals surface area contributed by atoms with Crippen molar-refractivity contribution in [2.75, 3.05) is 65.6 Å². The molecule has 3 heterocycles. The fraction of sp³-hybridized carbons (Fsp3) is 0.750. The fourth-order valence-electron chi connectivity index (χ4n) is 3.85. The summed E-state index contributed by atoms with van der Waals surface area (Å²) in [4.78, 5) is 23.8. The molecule has 1 N–H and O–H groups in total. The van der Waals surface area contributed by atoms with Crippen LogP contribution in [-0.2, 0) is 23.1 Å². The minimum absolute atomic E-state index is 0.213. The molecule has 1 aromatic rings. The first-order chi connectivity index (χ1) is 14.0. The van der Waals surface area contributed by atoms with Gasteiger partial charge in [0.25, 0.3) is 0 Å². The van der Waals surface area contributed by atoms with E-state index in [0.29, 0.717) is 39.4 Å². The summed E-state index contributed by atoms with van der Waals surface area (Å²) in [6.07, 6.45) is 0. The van der Waals surface area contributed by atoms with Gasteiger partial charge in [-0.25, -0.2) is 4.99 Å². The van der Waals surface area contributed by atoms with Crippen molar-refractivity contribution < 1.29 is 9.53 Å². The highest BCUT2D eigenvalue weighted by atomic mass is 16.5. The Morgan fingerprint density at radius 3 is 2.38 bits per heavy atom. The summed E-state index contributed by atoms with van der Waals surface area (Å²) in [6, 6.07) is 0. The number of amides is 1. The van der Waals surface area contributed by atoms with Gasteiger partial charge in [-0.15, -0.1) is 0 Å². The molecule has 2 aliphatic heterocycles. The number of carbonyl (C=O) groups is 1. The molecule has 2 aliphatic rings. The van der Waals surface area contributed by atoms with E-state index in [1.165, 1.54) is 5.56 Å². The number of piperazine rings is 1. The quantitative estimate of drug-likeness (QED) is 0.548. The lowest BCUT2D eigenvalue weighted by Crippen LogP contribution is -2.54. The molecule has 0 radical (unpaired) electrons. The highest BCUT2D eigenvalue weighted by Crippen LogP contribution is 2.13. The first kappa shape index (κ1) is 21.6. The van der Waals surface area contributed by atoms with E-state index < -0.39 is 0 Å². The molecule has 0 bridgehead atoms. The minimum Gasteiger partial charge on any atom is -0.378 e. The molecular formula is C20H35N7O2. The molecule has 162 valence electrons. The Balaban J connectivity index is 1.54. The molecule has 9 heteroatoms. The second kappa shape index (κ2) is 10.1. The number of hydrogen-bond acceptors (Lipinski definition) is 5. The van der Waals surface area contributed by atoms with Crippen LogP contribution >= 0.6 is 0 Å². The second-order valence-electron chi connectivity index (χ2n) is 7.70. The molecule has 1 aromatic heterocycles. The van der Waals surface area contributed by atoms with E-state index in [4.69, 9.17) is 9.73 Å². The smallest absolute Gasteiger partial charge is 0.236 e. The number of aryl methyl sites for hydroxylation is 2. The summed E-state index contributed by atoms with van der Waals surface area (Å²) in [5.74, 6) is 1.15. The van der Waals surface area contributed by atoms with Crippen LogP contribution in [0.25, 0.3) is 0 Å². The van der Waals surface area contributed by atoms with Gasteiger partial charge in [0.15, 0.2) is 5.96 Å². The van der Waals surface area contributed by atoms with E-state index in [1.807, 2.05) is 23.6 Å². The highest BCUT2D eigenvalue weighted by Gasteiger charge is 2.24. The van der Waals surface area contributed by atoms with Crippen molar-refractivity contribution in [2.45, 2.75) is 27.3 Å². The van der Waals surface area contributed by atoms with Crippen LogP contribution in [0.5, 0.6) is 0 Å². The highest BCUT2D eigenvalue weighted by molar-refractivity contribution is 5.80. The monoisotopic (exact) mass is 405 g/mol. The van der Waals surface area contributed by atoms with E-state index in [2.05, 4.69) is 34.1 Å². The molecule has 9 nitrogen and oxygen atoms in total. The number of ether oxygens (including phenoxy) is 1. The van der Waals surface area contributed by atoms with Crippen LogP contribution in [0.3, 0.4) is 0 Å². The zero-order valence-corrected chi connectivity index (χ0v) is 18.3. The Labute approximate surface area is 173 Å². The number of aromatic nitrogens is 2. The predicted molar refractivity (Wildman–Crippen MR) is 113 cm³/mol. The van der Waals surface area contributed by atoms with Gasteiger partial charge < -0.3 is 19.9 Å². The Morgan fingerprint density at radius 1 is 1.10 bits per heavy atom. The van der Waals surface area contributed by atoms with E-state index >= 15 is 0 Å². The maximum absolute atomic E-state index is 12.5. The van der Waals surface area contributed by atoms with Gasteiger partial charge in [-0.05, 0) is 20.8 Å². The molecule has 0 aromatic carbocycles. The zero-order chi connectivity index (χ0) is 20.8. The normalized spacial score (nSPS) is 19.0. The van der Waals surface area contributed by atoms with Gasteiger partial charge in [0.1, 0.15) is 0 Å². The number of carbonyl (C=O) groups excluding carboxylic acids is 1.